The fourth-order valence-corrected chi connectivity index (χ4v) is 3.48. The molecule has 0 saturated carbocycles. The van der Waals surface area contributed by atoms with Crippen LogP contribution in [0.25, 0.3) is 0 Å². The molecule has 0 bridgehead atoms. The molecule has 0 atom stereocenters. The first-order chi connectivity index (χ1) is 10.6. The number of hydrogen-bond acceptors (Lipinski definition) is 5. The minimum Gasteiger partial charge on any atom is -0.379 e. The molecule has 0 fully saturated rings. The van der Waals surface area contributed by atoms with E-state index in [1.165, 1.54) is 39.2 Å². The SMILES string of the molecule is Cc1c(S(=O)(=O)Oc2ccc(Cl)c(Cl)c2)c(=O)n(C)c(=O)n1C. The molecule has 10 heteroatoms. The van der Waals surface area contributed by atoms with Crippen LogP contribution < -0.4 is 15.4 Å². The summed E-state index contributed by atoms with van der Waals surface area (Å²) in [6, 6.07) is 3.87. The Bertz CT molecular complexity index is 1010. The summed E-state index contributed by atoms with van der Waals surface area (Å²) < 4.78 is 31.5. The molecule has 0 aliphatic rings. The van der Waals surface area contributed by atoms with E-state index in [0.29, 0.717) is 4.57 Å². The molecule has 1 heterocycles. The predicted molar refractivity (Wildman–Crippen MR) is 85.9 cm³/mol. The van der Waals surface area contributed by atoms with Gasteiger partial charge in [0.15, 0.2) is 4.90 Å². The van der Waals surface area contributed by atoms with Gasteiger partial charge in [-0.05, 0) is 19.1 Å². The lowest BCUT2D eigenvalue weighted by Crippen LogP contribution is -2.41. The summed E-state index contributed by atoms with van der Waals surface area (Å²) in [6.07, 6.45) is 0. The van der Waals surface area contributed by atoms with E-state index in [2.05, 4.69) is 0 Å². The number of benzene rings is 1. The van der Waals surface area contributed by atoms with Crippen LogP contribution in [0.1, 0.15) is 5.69 Å². The molecule has 23 heavy (non-hydrogen) atoms. The summed E-state index contributed by atoms with van der Waals surface area (Å²) in [4.78, 5) is 23.3. The van der Waals surface area contributed by atoms with Crippen molar-refractivity contribution in [3.63, 3.8) is 0 Å². The third kappa shape index (κ3) is 3.15. The summed E-state index contributed by atoms with van der Waals surface area (Å²) in [5.41, 5.74) is -1.63. The fraction of sp³-hybridized carbons (Fsp3) is 0.231. The third-order valence-electron chi connectivity index (χ3n) is 3.25. The Morgan fingerprint density at radius 3 is 2.22 bits per heavy atom. The topological polar surface area (TPSA) is 87.4 Å². The highest BCUT2D eigenvalue weighted by Gasteiger charge is 2.27. The van der Waals surface area contributed by atoms with Gasteiger partial charge in [0.05, 0.1) is 10.0 Å². The van der Waals surface area contributed by atoms with E-state index in [0.717, 1.165) is 4.57 Å². The maximum atomic E-state index is 12.4. The van der Waals surface area contributed by atoms with Crippen LogP contribution >= 0.6 is 23.2 Å². The molecule has 7 nitrogen and oxygen atoms in total. The zero-order valence-electron chi connectivity index (χ0n) is 12.3. The van der Waals surface area contributed by atoms with Gasteiger partial charge in [-0.15, -0.1) is 0 Å². The van der Waals surface area contributed by atoms with Crippen LogP contribution in [0.4, 0.5) is 0 Å². The molecular formula is C13H12Cl2N2O5S. The highest BCUT2D eigenvalue weighted by molar-refractivity contribution is 7.87. The fourth-order valence-electron chi connectivity index (χ4n) is 1.90. The molecule has 0 amide bonds. The minimum atomic E-state index is -4.46. The molecule has 124 valence electrons. The Kier molecular flexibility index (Phi) is 4.61. The van der Waals surface area contributed by atoms with Crippen LogP contribution in [0, 0.1) is 6.92 Å². The molecule has 2 aromatic rings. The largest absolute Gasteiger partial charge is 0.379 e. The third-order valence-corrected chi connectivity index (χ3v) is 5.37. The molecule has 0 saturated heterocycles. The van der Waals surface area contributed by atoms with Gasteiger partial charge in [0.25, 0.3) is 5.56 Å². The summed E-state index contributed by atoms with van der Waals surface area (Å²) in [5, 5.41) is 0.329. The molecule has 0 spiro atoms. The Hall–Kier alpha value is -1.77. The van der Waals surface area contributed by atoms with E-state index in [1.807, 2.05) is 0 Å². The number of halogens is 2. The number of aromatic nitrogens is 2. The Morgan fingerprint density at radius 1 is 1.04 bits per heavy atom. The first-order valence-corrected chi connectivity index (χ1v) is 8.39. The first kappa shape index (κ1) is 17.6. The molecule has 1 aromatic heterocycles. The van der Waals surface area contributed by atoms with Gasteiger partial charge in [0, 0.05) is 25.9 Å². The van der Waals surface area contributed by atoms with Crippen molar-refractivity contribution in [3.05, 3.63) is 54.8 Å². The number of nitrogens with zero attached hydrogens (tertiary/aromatic N) is 2. The van der Waals surface area contributed by atoms with Crippen LogP contribution in [0.5, 0.6) is 5.75 Å². The smallest absolute Gasteiger partial charge is 0.346 e. The van der Waals surface area contributed by atoms with Crippen molar-refractivity contribution in [2.45, 2.75) is 11.8 Å². The van der Waals surface area contributed by atoms with E-state index in [1.54, 1.807) is 0 Å². The molecule has 0 aliphatic heterocycles. The van der Waals surface area contributed by atoms with Gasteiger partial charge in [0.2, 0.25) is 0 Å². The van der Waals surface area contributed by atoms with Crippen molar-refractivity contribution >= 4 is 33.3 Å². The maximum absolute atomic E-state index is 12.4. The van der Waals surface area contributed by atoms with Crippen LogP contribution in [-0.2, 0) is 24.2 Å². The number of rotatable bonds is 3. The molecule has 1 aromatic carbocycles. The standard InChI is InChI=1S/C13H12Cl2N2O5S/c1-7-11(12(18)17(3)13(19)16(7)2)23(20,21)22-8-4-5-9(14)10(15)6-8/h4-6H,1-3H3. The first-order valence-electron chi connectivity index (χ1n) is 6.22. The van der Waals surface area contributed by atoms with E-state index in [9.17, 15) is 18.0 Å². The second kappa shape index (κ2) is 6.03. The maximum Gasteiger partial charge on any atom is 0.346 e. The Balaban J connectivity index is 2.63. The monoisotopic (exact) mass is 378 g/mol. The van der Waals surface area contributed by atoms with Crippen molar-refractivity contribution in [1.29, 1.82) is 0 Å². The molecule has 0 radical (unpaired) electrons. The number of hydrogen-bond donors (Lipinski definition) is 0. The normalized spacial score (nSPS) is 11.5. The van der Waals surface area contributed by atoms with Gasteiger partial charge in [-0.2, -0.15) is 8.42 Å². The highest BCUT2D eigenvalue weighted by Crippen LogP contribution is 2.28. The van der Waals surface area contributed by atoms with Crippen molar-refractivity contribution in [2.24, 2.45) is 14.1 Å². The molecule has 0 unspecified atom stereocenters. The van der Waals surface area contributed by atoms with Crippen molar-refractivity contribution in [3.8, 4) is 5.75 Å². The highest BCUT2D eigenvalue weighted by atomic mass is 35.5. The minimum absolute atomic E-state index is 0.0295. The lowest BCUT2D eigenvalue weighted by atomic mass is 10.3. The second-order valence-electron chi connectivity index (χ2n) is 4.73. The quantitative estimate of drug-likeness (QED) is 0.754. The van der Waals surface area contributed by atoms with Crippen molar-refractivity contribution < 1.29 is 12.6 Å². The lowest BCUT2D eigenvalue weighted by Gasteiger charge is -2.13. The summed E-state index contributed by atoms with van der Waals surface area (Å²) in [5.74, 6) is -0.102. The summed E-state index contributed by atoms with van der Waals surface area (Å²) >= 11 is 11.6. The molecule has 2 rings (SSSR count). The van der Waals surface area contributed by atoms with Gasteiger partial charge in [0.1, 0.15) is 5.75 Å². The van der Waals surface area contributed by atoms with Crippen LogP contribution in [0.2, 0.25) is 10.0 Å². The molecule has 0 N–H and O–H groups in total. The summed E-state index contributed by atoms with van der Waals surface area (Å²) in [6.45, 7) is 1.34. The average molecular weight is 379 g/mol. The van der Waals surface area contributed by atoms with Crippen molar-refractivity contribution in [1.82, 2.24) is 9.13 Å². The van der Waals surface area contributed by atoms with Crippen LogP contribution in [0.15, 0.2) is 32.7 Å². The zero-order chi connectivity index (χ0) is 17.5. The predicted octanol–water partition coefficient (Wildman–Crippen LogP) is 1.47. The van der Waals surface area contributed by atoms with Crippen molar-refractivity contribution in [2.75, 3.05) is 0 Å². The molecule has 0 aliphatic carbocycles. The van der Waals surface area contributed by atoms with Gasteiger partial charge in [-0.1, -0.05) is 23.2 Å². The lowest BCUT2D eigenvalue weighted by molar-refractivity contribution is 0.478. The second-order valence-corrected chi connectivity index (χ2v) is 7.03. The van der Waals surface area contributed by atoms with E-state index < -0.39 is 26.3 Å². The van der Waals surface area contributed by atoms with Gasteiger partial charge in [-0.3, -0.25) is 13.9 Å². The average Bonchev–Trinajstić information content (AvgIpc) is 2.46. The zero-order valence-corrected chi connectivity index (χ0v) is 14.7. The van der Waals surface area contributed by atoms with Crippen LogP contribution in [-0.4, -0.2) is 17.6 Å². The summed E-state index contributed by atoms with van der Waals surface area (Å²) in [7, 11) is -1.92. The van der Waals surface area contributed by atoms with Crippen LogP contribution in [0.3, 0.4) is 0 Å². The molecular weight excluding hydrogens is 367 g/mol. The van der Waals surface area contributed by atoms with E-state index in [4.69, 9.17) is 27.4 Å². The van der Waals surface area contributed by atoms with E-state index >= 15 is 0 Å². The van der Waals surface area contributed by atoms with Gasteiger partial charge in [-0.25, -0.2) is 4.79 Å². The Labute approximate surface area is 141 Å². The Morgan fingerprint density at radius 2 is 1.65 bits per heavy atom. The van der Waals surface area contributed by atoms with Gasteiger partial charge < -0.3 is 4.18 Å². The van der Waals surface area contributed by atoms with E-state index in [-0.39, 0.29) is 21.5 Å². The van der Waals surface area contributed by atoms with Gasteiger partial charge >= 0.3 is 15.8 Å².